The molecule has 1 nitrogen and oxygen atoms in total. The lowest BCUT2D eigenvalue weighted by molar-refractivity contribution is -0.0348. The van der Waals surface area contributed by atoms with Crippen LogP contribution in [0.2, 0.25) is 0 Å². The minimum Gasteiger partial charge on any atom is -0.291 e. The smallest absolute Gasteiger partial charge is 0.0242 e. The third-order valence-corrected chi connectivity index (χ3v) is 5.11. The van der Waals surface area contributed by atoms with Gasteiger partial charge in [-0.05, 0) is 45.1 Å². The lowest BCUT2D eigenvalue weighted by atomic mass is 9.75. The molecule has 1 aromatic carbocycles. The molecule has 0 spiro atoms. The summed E-state index contributed by atoms with van der Waals surface area (Å²) >= 11 is 0. The lowest BCUT2D eigenvalue weighted by Gasteiger charge is -2.53. The van der Waals surface area contributed by atoms with E-state index in [-0.39, 0.29) is 0 Å². The minimum atomic E-state index is 0.478. The summed E-state index contributed by atoms with van der Waals surface area (Å²) in [6, 6.07) is 9.96. The Bertz CT molecular complexity index is 396. The summed E-state index contributed by atoms with van der Waals surface area (Å²) in [5.41, 5.74) is 3.33. The van der Waals surface area contributed by atoms with Gasteiger partial charge < -0.3 is 0 Å². The van der Waals surface area contributed by atoms with Crippen molar-refractivity contribution in [3.8, 4) is 0 Å². The van der Waals surface area contributed by atoms with E-state index in [9.17, 15) is 0 Å². The molecule has 2 aliphatic heterocycles. The minimum absolute atomic E-state index is 0.478. The average Bonchev–Trinajstić information content (AvgIpc) is 2.33. The van der Waals surface area contributed by atoms with Gasteiger partial charge in [-0.15, -0.1) is 0 Å². The van der Waals surface area contributed by atoms with Crippen LogP contribution >= 0.6 is 0 Å². The van der Waals surface area contributed by atoms with Crippen LogP contribution in [-0.2, 0) is 6.54 Å². The third-order valence-electron chi connectivity index (χ3n) is 5.11. The van der Waals surface area contributed by atoms with Crippen molar-refractivity contribution in [2.45, 2.75) is 70.5 Å². The van der Waals surface area contributed by atoms with Gasteiger partial charge in [-0.25, -0.2) is 0 Å². The molecule has 2 fully saturated rings. The topological polar surface area (TPSA) is 3.24 Å². The van der Waals surface area contributed by atoms with Crippen molar-refractivity contribution in [3.05, 3.63) is 35.4 Å². The summed E-state index contributed by atoms with van der Waals surface area (Å²) in [5, 5.41) is 0. The van der Waals surface area contributed by atoms with Crippen LogP contribution in [-0.4, -0.2) is 16.5 Å². The number of hydrogen-bond acceptors (Lipinski definition) is 1. The average molecular weight is 243 g/mol. The monoisotopic (exact) mass is 243 g/mol. The third kappa shape index (κ3) is 2.21. The van der Waals surface area contributed by atoms with Gasteiger partial charge in [0.1, 0.15) is 0 Å². The molecule has 2 saturated heterocycles. The van der Waals surface area contributed by atoms with Crippen LogP contribution in [0.3, 0.4) is 0 Å². The highest BCUT2D eigenvalue weighted by atomic mass is 15.2. The molecule has 0 N–H and O–H groups in total. The molecular weight excluding hydrogens is 218 g/mol. The Morgan fingerprint density at radius 2 is 1.72 bits per heavy atom. The molecule has 0 unspecified atom stereocenters. The molecule has 2 heterocycles. The van der Waals surface area contributed by atoms with Gasteiger partial charge in [-0.1, -0.05) is 42.7 Å². The predicted molar refractivity (Wildman–Crippen MR) is 76.6 cm³/mol. The Labute approximate surface area is 111 Å². The normalized spacial score (nSPS) is 32.4. The van der Waals surface area contributed by atoms with Crippen molar-refractivity contribution >= 4 is 0 Å². The fraction of sp³-hybridized carbons (Fsp3) is 0.647. The van der Waals surface area contributed by atoms with E-state index in [1.54, 1.807) is 0 Å². The Morgan fingerprint density at radius 3 is 2.28 bits per heavy atom. The van der Waals surface area contributed by atoms with Gasteiger partial charge in [-0.3, -0.25) is 4.90 Å². The highest BCUT2D eigenvalue weighted by molar-refractivity contribution is 5.22. The lowest BCUT2D eigenvalue weighted by Crippen LogP contribution is -2.56. The van der Waals surface area contributed by atoms with Crippen molar-refractivity contribution < 1.29 is 0 Å². The molecule has 98 valence electrons. The van der Waals surface area contributed by atoms with Gasteiger partial charge >= 0.3 is 0 Å². The molecular formula is C17H25N. The van der Waals surface area contributed by atoms with E-state index >= 15 is 0 Å². The summed E-state index contributed by atoms with van der Waals surface area (Å²) < 4.78 is 0. The van der Waals surface area contributed by atoms with Gasteiger partial charge in [0.25, 0.3) is 0 Å². The van der Waals surface area contributed by atoms with Crippen molar-refractivity contribution in [2.75, 3.05) is 0 Å². The van der Waals surface area contributed by atoms with Crippen LogP contribution in [0.25, 0.3) is 0 Å². The molecule has 2 aliphatic rings. The molecule has 0 radical (unpaired) electrons. The van der Waals surface area contributed by atoms with Gasteiger partial charge in [0.15, 0.2) is 0 Å². The van der Waals surface area contributed by atoms with E-state index in [0.717, 1.165) is 12.6 Å². The second kappa shape index (κ2) is 4.70. The number of hydrogen-bond donors (Lipinski definition) is 0. The fourth-order valence-corrected chi connectivity index (χ4v) is 3.96. The summed E-state index contributed by atoms with van der Waals surface area (Å²) in [6.45, 7) is 5.81. The number of nitrogens with zero attached hydrogens (tertiary/aromatic N) is 1. The predicted octanol–water partition coefficient (Wildman–Crippen LogP) is 4.29. The molecule has 1 heteroatoms. The first-order chi connectivity index (χ1) is 8.67. The number of rotatable bonds is 2. The second-order valence-electron chi connectivity index (χ2n) is 6.55. The molecule has 2 bridgehead atoms. The zero-order valence-corrected chi connectivity index (χ0v) is 11.8. The van der Waals surface area contributed by atoms with E-state index < -0.39 is 0 Å². The van der Waals surface area contributed by atoms with Crippen molar-refractivity contribution in [3.63, 3.8) is 0 Å². The summed E-state index contributed by atoms with van der Waals surface area (Å²) in [6.07, 6.45) is 8.50. The fourth-order valence-electron chi connectivity index (χ4n) is 3.96. The Hall–Kier alpha value is -0.820. The molecule has 1 aromatic rings. The summed E-state index contributed by atoms with van der Waals surface area (Å²) in [5.74, 6) is 0. The standard InChI is InChI=1S/C17H25N/c1-14-7-9-15(10-8-14)13-18-16-5-3-11-17(18,2)12-4-6-16/h7-10,16H,3-6,11-13H2,1-2H3. The maximum absolute atomic E-state index is 2.81. The Balaban J connectivity index is 1.80. The van der Waals surface area contributed by atoms with Crippen molar-refractivity contribution in [1.29, 1.82) is 0 Å². The molecule has 0 atom stereocenters. The number of benzene rings is 1. The Kier molecular flexibility index (Phi) is 3.19. The zero-order chi connectivity index (χ0) is 12.6. The summed E-state index contributed by atoms with van der Waals surface area (Å²) in [7, 11) is 0. The van der Waals surface area contributed by atoms with Crippen molar-refractivity contribution in [1.82, 2.24) is 4.90 Å². The first-order valence-corrected chi connectivity index (χ1v) is 7.50. The zero-order valence-electron chi connectivity index (χ0n) is 11.8. The second-order valence-corrected chi connectivity index (χ2v) is 6.55. The van der Waals surface area contributed by atoms with Gasteiger partial charge in [-0.2, -0.15) is 0 Å². The first kappa shape index (κ1) is 12.2. The largest absolute Gasteiger partial charge is 0.291 e. The van der Waals surface area contributed by atoms with E-state index in [1.807, 2.05) is 0 Å². The molecule has 0 saturated carbocycles. The van der Waals surface area contributed by atoms with Crippen molar-refractivity contribution in [2.24, 2.45) is 0 Å². The maximum Gasteiger partial charge on any atom is 0.0242 e. The Morgan fingerprint density at radius 1 is 1.11 bits per heavy atom. The van der Waals surface area contributed by atoms with Crippen LogP contribution < -0.4 is 0 Å². The molecule has 18 heavy (non-hydrogen) atoms. The van der Waals surface area contributed by atoms with Gasteiger partial charge in [0.2, 0.25) is 0 Å². The summed E-state index contributed by atoms with van der Waals surface area (Å²) in [4.78, 5) is 2.81. The van der Waals surface area contributed by atoms with E-state index in [2.05, 4.69) is 43.0 Å². The molecule has 0 aromatic heterocycles. The quantitative estimate of drug-likeness (QED) is 0.749. The maximum atomic E-state index is 2.81. The van der Waals surface area contributed by atoms with Crippen LogP contribution in [0.1, 0.15) is 56.6 Å². The number of fused-ring (bicyclic) bond motifs is 2. The van der Waals surface area contributed by atoms with E-state index in [1.165, 1.54) is 49.7 Å². The first-order valence-electron chi connectivity index (χ1n) is 7.50. The SMILES string of the molecule is Cc1ccc(CN2C3CCCC2(C)CCC3)cc1. The van der Waals surface area contributed by atoms with E-state index in [0.29, 0.717) is 5.54 Å². The highest BCUT2D eigenvalue weighted by Crippen LogP contribution is 2.42. The van der Waals surface area contributed by atoms with Crippen LogP contribution in [0, 0.1) is 6.92 Å². The van der Waals surface area contributed by atoms with Crippen LogP contribution in [0.15, 0.2) is 24.3 Å². The van der Waals surface area contributed by atoms with Gasteiger partial charge in [0.05, 0.1) is 0 Å². The molecule has 0 amide bonds. The number of piperidine rings is 2. The highest BCUT2D eigenvalue weighted by Gasteiger charge is 2.42. The van der Waals surface area contributed by atoms with E-state index in [4.69, 9.17) is 0 Å². The van der Waals surface area contributed by atoms with Gasteiger partial charge in [0, 0.05) is 18.1 Å². The number of aryl methyl sites for hydroxylation is 1. The molecule has 3 rings (SSSR count). The van der Waals surface area contributed by atoms with Crippen LogP contribution in [0.4, 0.5) is 0 Å². The molecule has 0 aliphatic carbocycles. The van der Waals surface area contributed by atoms with Crippen LogP contribution in [0.5, 0.6) is 0 Å².